The first-order valence-electron chi connectivity index (χ1n) is 12.3. The highest BCUT2D eigenvalue weighted by molar-refractivity contribution is 8.15. The Morgan fingerprint density at radius 1 is 1.11 bits per heavy atom. The second kappa shape index (κ2) is 12.0. The van der Waals surface area contributed by atoms with Gasteiger partial charge in [-0.2, -0.15) is 0 Å². The number of carbonyl (C=O) groups is 2. The third-order valence-electron chi connectivity index (χ3n) is 5.95. The molecule has 1 N–H and O–H groups in total. The molecular formula is C27H37N5O4S2. The number of sulfonamides is 1. The Balaban J connectivity index is 1.95. The first-order valence-corrected chi connectivity index (χ1v) is 14.6. The van der Waals surface area contributed by atoms with E-state index in [2.05, 4.69) is 24.1 Å². The number of hydrogen-bond acceptors (Lipinski definition) is 7. The highest BCUT2D eigenvalue weighted by atomic mass is 32.2. The lowest BCUT2D eigenvalue weighted by Crippen LogP contribution is -2.43. The van der Waals surface area contributed by atoms with Gasteiger partial charge in [0, 0.05) is 39.3 Å². The Kier molecular flexibility index (Phi) is 9.40. The van der Waals surface area contributed by atoms with E-state index in [1.165, 1.54) is 31.9 Å². The van der Waals surface area contributed by atoms with Crippen LogP contribution in [0.5, 0.6) is 0 Å². The van der Waals surface area contributed by atoms with Gasteiger partial charge in [0.25, 0.3) is 0 Å². The molecule has 1 heterocycles. The topological polar surface area (TPSA) is 102 Å². The summed E-state index contributed by atoms with van der Waals surface area (Å²) in [6.45, 7) is 7.14. The molecule has 3 rings (SSSR count). The molecule has 0 unspecified atom stereocenters. The van der Waals surface area contributed by atoms with Gasteiger partial charge in [-0.05, 0) is 56.3 Å². The van der Waals surface area contributed by atoms with Crippen molar-refractivity contribution in [3.8, 4) is 0 Å². The van der Waals surface area contributed by atoms with Crippen LogP contribution in [0.4, 0.5) is 11.4 Å². The maximum Gasteiger partial charge on any atom is 0.242 e. The molecule has 1 aliphatic rings. The Morgan fingerprint density at radius 3 is 2.37 bits per heavy atom. The number of aliphatic imine (C=N–C) groups is 1. The fourth-order valence-electron chi connectivity index (χ4n) is 4.29. The zero-order chi connectivity index (χ0) is 28.3. The molecule has 0 aliphatic carbocycles. The number of aryl methyl sites for hydroxylation is 1. The molecule has 2 aromatic rings. The van der Waals surface area contributed by atoms with Gasteiger partial charge in [0.2, 0.25) is 21.8 Å². The largest absolute Gasteiger partial charge is 0.326 e. The van der Waals surface area contributed by atoms with E-state index in [9.17, 15) is 18.0 Å². The SMILES string of the molecule is Cc1ccc(S(=O)(=O)N(C)C)cc1N=C1S[C@H](CC(=O)Nc2ccccc2)C(=O)N1CC(C)(C)CN(C)C. The monoisotopic (exact) mass is 559 g/mol. The van der Waals surface area contributed by atoms with E-state index in [0.717, 1.165) is 16.4 Å². The molecule has 0 saturated carbocycles. The van der Waals surface area contributed by atoms with Crippen LogP contribution in [0.2, 0.25) is 0 Å². The van der Waals surface area contributed by atoms with Crippen LogP contribution in [0.25, 0.3) is 0 Å². The third kappa shape index (κ3) is 7.43. The second-order valence-corrected chi connectivity index (χ2v) is 14.0. The summed E-state index contributed by atoms with van der Waals surface area (Å²) in [7, 11) is 3.26. The summed E-state index contributed by atoms with van der Waals surface area (Å²) in [5.41, 5.74) is 1.65. The molecule has 0 radical (unpaired) electrons. The molecular weight excluding hydrogens is 522 g/mol. The summed E-state index contributed by atoms with van der Waals surface area (Å²) in [6.07, 6.45) is -0.00391. The predicted molar refractivity (Wildman–Crippen MR) is 154 cm³/mol. The molecule has 0 aromatic heterocycles. The van der Waals surface area contributed by atoms with Gasteiger partial charge in [-0.1, -0.05) is 49.9 Å². The second-order valence-electron chi connectivity index (χ2n) is 10.7. The number of amidine groups is 1. The minimum atomic E-state index is -3.65. The Hall–Kier alpha value is -2.73. The Bertz CT molecular complexity index is 1310. The van der Waals surface area contributed by atoms with Gasteiger partial charge in [0.1, 0.15) is 5.25 Å². The van der Waals surface area contributed by atoms with E-state index >= 15 is 0 Å². The number of nitrogens with one attached hydrogen (secondary N) is 1. The zero-order valence-corrected chi connectivity index (χ0v) is 24.7. The quantitative estimate of drug-likeness (QED) is 0.475. The summed E-state index contributed by atoms with van der Waals surface area (Å²) in [4.78, 5) is 35.0. The summed E-state index contributed by atoms with van der Waals surface area (Å²) >= 11 is 1.24. The lowest BCUT2D eigenvalue weighted by atomic mass is 9.92. The van der Waals surface area contributed by atoms with Crippen molar-refractivity contribution >= 4 is 50.1 Å². The molecule has 0 bridgehead atoms. The molecule has 2 aromatic carbocycles. The molecule has 1 atom stereocenters. The number of nitrogens with zero attached hydrogens (tertiary/aromatic N) is 4. The van der Waals surface area contributed by atoms with Gasteiger partial charge in [-0.3, -0.25) is 14.5 Å². The molecule has 11 heteroatoms. The van der Waals surface area contributed by atoms with Gasteiger partial charge < -0.3 is 10.2 Å². The lowest BCUT2D eigenvalue weighted by Gasteiger charge is -2.32. The molecule has 38 heavy (non-hydrogen) atoms. The van der Waals surface area contributed by atoms with E-state index in [4.69, 9.17) is 4.99 Å². The van der Waals surface area contributed by atoms with Crippen molar-refractivity contribution in [2.24, 2.45) is 10.4 Å². The Labute approximate surface area is 230 Å². The molecule has 9 nitrogen and oxygen atoms in total. The first kappa shape index (κ1) is 29.8. The van der Waals surface area contributed by atoms with Crippen LogP contribution < -0.4 is 5.32 Å². The van der Waals surface area contributed by atoms with E-state index in [1.54, 1.807) is 29.2 Å². The fraction of sp³-hybridized carbons (Fsp3) is 0.444. The number of benzene rings is 2. The van der Waals surface area contributed by atoms with Crippen LogP contribution >= 0.6 is 11.8 Å². The summed E-state index contributed by atoms with van der Waals surface area (Å²) in [5.74, 6) is -0.440. The van der Waals surface area contributed by atoms with Crippen molar-refractivity contribution in [2.45, 2.75) is 37.3 Å². The van der Waals surface area contributed by atoms with Crippen LogP contribution in [0.15, 0.2) is 58.4 Å². The van der Waals surface area contributed by atoms with Crippen molar-refractivity contribution in [2.75, 3.05) is 46.6 Å². The number of amides is 2. The minimum absolute atomic E-state index is 0.00391. The van der Waals surface area contributed by atoms with Crippen LogP contribution in [0.1, 0.15) is 25.8 Å². The van der Waals surface area contributed by atoms with Gasteiger partial charge >= 0.3 is 0 Å². The van der Waals surface area contributed by atoms with Crippen molar-refractivity contribution < 1.29 is 18.0 Å². The normalized spacial score (nSPS) is 17.6. The highest BCUT2D eigenvalue weighted by Crippen LogP contribution is 2.35. The average Bonchev–Trinajstić information content (AvgIpc) is 3.08. The number of rotatable bonds is 10. The van der Waals surface area contributed by atoms with Crippen molar-refractivity contribution in [3.63, 3.8) is 0 Å². The summed E-state index contributed by atoms with van der Waals surface area (Å²) < 4.78 is 26.6. The third-order valence-corrected chi connectivity index (χ3v) is 8.94. The fourth-order valence-corrected chi connectivity index (χ4v) is 6.36. The number of carbonyl (C=O) groups excluding carboxylic acids is 2. The molecule has 1 saturated heterocycles. The summed E-state index contributed by atoms with van der Waals surface area (Å²) in [5, 5.41) is 2.67. The van der Waals surface area contributed by atoms with Gasteiger partial charge in [0.15, 0.2) is 5.17 Å². The highest BCUT2D eigenvalue weighted by Gasteiger charge is 2.41. The maximum absolute atomic E-state index is 13.6. The van der Waals surface area contributed by atoms with Crippen molar-refractivity contribution in [3.05, 3.63) is 54.1 Å². The number of anilines is 1. The zero-order valence-electron chi connectivity index (χ0n) is 23.1. The van der Waals surface area contributed by atoms with Gasteiger partial charge in [-0.25, -0.2) is 17.7 Å². The first-order chi connectivity index (χ1) is 17.7. The standard InChI is InChI=1S/C27H37N5O4S2/c1-19-13-14-21(38(35,36)31(6)7)15-22(19)29-26-32(18-27(2,3)17-30(4)5)25(34)23(37-26)16-24(33)28-20-11-9-8-10-12-20/h8-15,23H,16-18H2,1-7H3,(H,28,33)/t23-/m1/s1. The number of thioether (sulfide) groups is 1. The average molecular weight is 560 g/mol. The van der Waals surface area contributed by atoms with Crippen LogP contribution in [0, 0.1) is 12.3 Å². The number of para-hydroxylation sites is 1. The van der Waals surface area contributed by atoms with Crippen LogP contribution in [-0.2, 0) is 19.6 Å². The molecule has 2 amide bonds. The van der Waals surface area contributed by atoms with Crippen molar-refractivity contribution in [1.82, 2.24) is 14.1 Å². The van der Waals surface area contributed by atoms with Crippen LogP contribution in [0.3, 0.4) is 0 Å². The minimum Gasteiger partial charge on any atom is -0.326 e. The van der Waals surface area contributed by atoms with E-state index in [0.29, 0.717) is 23.1 Å². The van der Waals surface area contributed by atoms with E-state index < -0.39 is 15.3 Å². The molecule has 1 aliphatic heterocycles. The smallest absolute Gasteiger partial charge is 0.242 e. The summed E-state index contributed by atoms with van der Waals surface area (Å²) in [6, 6.07) is 13.9. The van der Waals surface area contributed by atoms with E-state index in [-0.39, 0.29) is 28.5 Å². The van der Waals surface area contributed by atoms with Crippen LogP contribution in [-0.4, -0.2) is 86.0 Å². The van der Waals surface area contributed by atoms with Gasteiger partial charge in [0.05, 0.1) is 10.6 Å². The Morgan fingerprint density at radius 2 is 1.76 bits per heavy atom. The maximum atomic E-state index is 13.6. The predicted octanol–water partition coefficient (Wildman–Crippen LogP) is 3.79. The van der Waals surface area contributed by atoms with E-state index in [1.807, 2.05) is 39.2 Å². The van der Waals surface area contributed by atoms with Gasteiger partial charge in [-0.15, -0.1) is 0 Å². The number of hydrogen-bond donors (Lipinski definition) is 1. The molecule has 206 valence electrons. The molecule has 0 spiro atoms. The molecule has 1 fully saturated rings. The van der Waals surface area contributed by atoms with Crippen molar-refractivity contribution in [1.29, 1.82) is 0 Å². The lowest BCUT2D eigenvalue weighted by molar-refractivity contribution is -0.129.